The molecule has 0 bridgehead atoms. The number of ether oxygens (including phenoxy) is 1. The van der Waals surface area contributed by atoms with Crippen molar-refractivity contribution in [1.29, 1.82) is 0 Å². The van der Waals surface area contributed by atoms with Gasteiger partial charge in [0.1, 0.15) is 17.7 Å². The Balaban J connectivity index is 1.29. The molecule has 1 saturated carbocycles. The molecular formula is C25H31FN2O. The molecule has 154 valence electrons. The Bertz CT molecular complexity index is 840. The lowest BCUT2D eigenvalue weighted by Crippen LogP contribution is -2.46. The standard InChI is InChI=1S/C25H31FN2O/c1-18-5-6-19-17-24(29-23-13-15-27(16-14-23)21-3-2-4-21)11-12-25(19)28(18)22-9-7-20(26)8-10-22/h7-12,17-18,21,23H,2-6,13-16H2,1H3. The zero-order chi connectivity index (χ0) is 19.8. The Hall–Kier alpha value is -2.07. The van der Waals surface area contributed by atoms with Crippen LogP contribution in [0, 0.1) is 5.82 Å². The van der Waals surface area contributed by atoms with Gasteiger partial charge in [0.2, 0.25) is 0 Å². The molecule has 1 atom stereocenters. The van der Waals surface area contributed by atoms with Gasteiger partial charge in [-0.3, -0.25) is 0 Å². The second kappa shape index (κ2) is 7.98. The molecule has 5 rings (SSSR count). The van der Waals surface area contributed by atoms with Gasteiger partial charge in [-0.15, -0.1) is 0 Å². The molecule has 0 spiro atoms. The van der Waals surface area contributed by atoms with Crippen molar-refractivity contribution in [2.24, 2.45) is 0 Å². The summed E-state index contributed by atoms with van der Waals surface area (Å²) in [5.41, 5.74) is 3.61. The fourth-order valence-corrected chi connectivity index (χ4v) is 5.10. The van der Waals surface area contributed by atoms with Gasteiger partial charge in [-0.25, -0.2) is 4.39 Å². The molecule has 4 heteroatoms. The van der Waals surface area contributed by atoms with Crippen LogP contribution in [0.15, 0.2) is 42.5 Å². The predicted octanol–water partition coefficient (Wildman–Crippen LogP) is 5.69. The van der Waals surface area contributed by atoms with Crippen LogP contribution < -0.4 is 9.64 Å². The molecule has 0 radical (unpaired) electrons. The molecule has 29 heavy (non-hydrogen) atoms. The third-order valence-electron chi connectivity index (χ3n) is 7.06. The highest BCUT2D eigenvalue weighted by Crippen LogP contribution is 2.39. The molecule has 0 N–H and O–H groups in total. The van der Waals surface area contributed by atoms with Crippen LogP contribution in [0.1, 0.15) is 51.0 Å². The maximum absolute atomic E-state index is 13.4. The van der Waals surface area contributed by atoms with Crippen LogP contribution in [-0.4, -0.2) is 36.2 Å². The summed E-state index contributed by atoms with van der Waals surface area (Å²) in [7, 11) is 0. The maximum Gasteiger partial charge on any atom is 0.123 e. The quantitative estimate of drug-likeness (QED) is 0.662. The first-order chi connectivity index (χ1) is 14.2. The van der Waals surface area contributed by atoms with E-state index in [1.54, 1.807) is 12.1 Å². The smallest absolute Gasteiger partial charge is 0.123 e. The van der Waals surface area contributed by atoms with Crippen molar-refractivity contribution < 1.29 is 9.13 Å². The number of hydrogen-bond acceptors (Lipinski definition) is 3. The van der Waals surface area contributed by atoms with Crippen LogP contribution >= 0.6 is 0 Å². The molecule has 2 aromatic carbocycles. The molecule has 0 aromatic heterocycles. The molecular weight excluding hydrogens is 363 g/mol. The van der Waals surface area contributed by atoms with Crippen LogP contribution in [0.5, 0.6) is 5.75 Å². The number of rotatable bonds is 4. The van der Waals surface area contributed by atoms with Gasteiger partial charge in [-0.1, -0.05) is 6.42 Å². The highest BCUT2D eigenvalue weighted by molar-refractivity contribution is 5.69. The fourth-order valence-electron chi connectivity index (χ4n) is 5.10. The molecule has 2 heterocycles. The predicted molar refractivity (Wildman–Crippen MR) is 116 cm³/mol. The number of likely N-dealkylation sites (tertiary alicyclic amines) is 1. The van der Waals surface area contributed by atoms with E-state index in [-0.39, 0.29) is 5.82 Å². The van der Waals surface area contributed by atoms with Crippen LogP contribution in [0.25, 0.3) is 0 Å². The first kappa shape index (κ1) is 18.9. The Labute approximate surface area is 173 Å². The summed E-state index contributed by atoms with van der Waals surface area (Å²) < 4.78 is 19.8. The summed E-state index contributed by atoms with van der Waals surface area (Å²) >= 11 is 0. The number of nitrogens with zero attached hydrogens (tertiary/aromatic N) is 2. The average molecular weight is 395 g/mol. The Kier molecular flexibility index (Phi) is 5.21. The third kappa shape index (κ3) is 3.87. The van der Waals surface area contributed by atoms with E-state index in [0.29, 0.717) is 12.1 Å². The highest BCUT2D eigenvalue weighted by atomic mass is 19.1. The maximum atomic E-state index is 13.4. The van der Waals surface area contributed by atoms with Crippen molar-refractivity contribution in [2.75, 3.05) is 18.0 Å². The van der Waals surface area contributed by atoms with Crippen molar-refractivity contribution in [3.63, 3.8) is 0 Å². The fraction of sp³-hybridized carbons (Fsp3) is 0.520. The second-order valence-electron chi connectivity index (χ2n) is 8.96. The lowest BCUT2D eigenvalue weighted by molar-refractivity contribution is 0.0493. The number of anilines is 2. The number of fused-ring (bicyclic) bond motifs is 1. The van der Waals surface area contributed by atoms with Gasteiger partial charge in [0, 0.05) is 36.5 Å². The van der Waals surface area contributed by atoms with E-state index in [1.807, 2.05) is 12.1 Å². The average Bonchev–Trinajstić information content (AvgIpc) is 2.69. The molecule has 3 aliphatic rings. The van der Waals surface area contributed by atoms with Crippen LogP contribution in [0.2, 0.25) is 0 Å². The van der Waals surface area contributed by atoms with E-state index >= 15 is 0 Å². The van der Waals surface area contributed by atoms with Crippen molar-refractivity contribution in [3.8, 4) is 5.75 Å². The molecule has 0 amide bonds. The van der Waals surface area contributed by atoms with E-state index in [4.69, 9.17) is 4.74 Å². The minimum atomic E-state index is -0.189. The Morgan fingerprint density at radius 3 is 2.38 bits per heavy atom. The number of piperidine rings is 1. The number of halogens is 1. The van der Waals surface area contributed by atoms with Gasteiger partial charge in [0.05, 0.1) is 0 Å². The van der Waals surface area contributed by atoms with Gasteiger partial charge in [0.25, 0.3) is 0 Å². The van der Waals surface area contributed by atoms with Crippen LogP contribution in [0.4, 0.5) is 15.8 Å². The number of benzene rings is 2. The lowest BCUT2D eigenvalue weighted by atomic mass is 9.90. The third-order valence-corrected chi connectivity index (χ3v) is 7.06. The van der Waals surface area contributed by atoms with Gasteiger partial charge in [-0.05, 0) is 93.5 Å². The summed E-state index contributed by atoms with van der Waals surface area (Å²) in [6.45, 7) is 4.60. The van der Waals surface area contributed by atoms with E-state index in [2.05, 4.69) is 34.9 Å². The van der Waals surface area contributed by atoms with Crippen molar-refractivity contribution in [1.82, 2.24) is 4.90 Å². The summed E-state index contributed by atoms with van der Waals surface area (Å²) in [5.74, 6) is 0.810. The van der Waals surface area contributed by atoms with Crippen LogP contribution in [0.3, 0.4) is 0 Å². The van der Waals surface area contributed by atoms with E-state index < -0.39 is 0 Å². The van der Waals surface area contributed by atoms with Crippen molar-refractivity contribution >= 4 is 11.4 Å². The summed E-state index contributed by atoms with van der Waals surface area (Å²) in [4.78, 5) is 5.00. The highest BCUT2D eigenvalue weighted by Gasteiger charge is 2.30. The Morgan fingerprint density at radius 2 is 1.69 bits per heavy atom. The molecule has 1 aliphatic carbocycles. The largest absolute Gasteiger partial charge is 0.490 e. The summed E-state index contributed by atoms with van der Waals surface area (Å²) in [6.07, 6.45) is 8.93. The lowest BCUT2D eigenvalue weighted by Gasteiger charge is -2.41. The second-order valence-corrected chi connectivity index (χ2v) is 8.96. The van der Waals surface area contributed by atoms with E-state index in [9.17, 15) is 4.39 Å². The molecule has 1 saturated heterocycles. The van der Waals surface area contributed by atoms with Gasteiger partial charge in [-0.2, -0.15) is 0 Å². The zero-order valence-corrected chi connectivity index (χ0v) is 17.3. The first-order valence-corrected chi connectivity index (χ1v) is 11.3. The topological polar surface area (TPSA) is 15.7 Å². The van der Waals surface area contributed by atoms with Crippen LogP contribution in [-0.2, 0) is 6.42 Å². The van der Waals surface area contributed by atoms with Gasteiger partial charge < -0.3 is 14.5 Å². The monoisotopic (exact) mass is 394 g/mol. The molecule has 1 unspecified atom stereocenters. The van der Waals surface area contributed by atoms with Gasteiger partial charge in [0.15, 0.2) is 0 Å². The summed E-state index contributed by atoms with van der Waals surface area (Å²) in [5, 5.41) is 0. The zero-order valence-electron chi connectivity index (χ0n) is 17.3. The molecule has 3 nitrogen and oxygen atoms in total. The van der Waals surface area contributed by atoms with Crippen molar-refractivity contribution in [2.45, 2.75) is 70.1 Å². The Morgan fingerprint density at radius 1 is 0.931 bits per heavy atom. The van der Waals surface area contributed by atoms with E-state index in [0.717, 1.165) is 43.2 Å². The van der Waals surface area contributed by atoms with Gasteiger partial charge >= 0.3 is 0 Å². The van der Waals surface area contributed by atoms with E-state index in [1.165, 1.54) is 43.6 Å². The minimum Gasteiger partial charge on any atom is -0.490 e. The number of hydrogen-bond donors (Lipinski definition) is 0. The molecule has 2 aromatic rings. The normalized spacial score (nSPS) is 23.5. The van der Waals surface area contributed by atoms with Crippen molar-refractivity contribution in [3.05, 3.63) is 53.8 Å². The summed E-state index contributed by atoms with van der Waals surface area (Å²) in [6, 6.07) is 14.6. The molecule has 2 aliphatic heterocycles. The minimum absolute atomic E-state index is 0.189. The first-order valence-electron chi connectivity index (χ1n) is 11.3. The number of aryl methyl sites for hydroxylation is 1. The SMILES string of the molecule is CC1CCc2cc(OC3CCN(C4CCC4)CC3)ccc2N1c1ccc(F)cc1. The molecule has 2 fully saturated rings.